The molecule has 0 fully saturated rings. The number of hydrogen-bond donors (Lipinski definition) is 1. The largest absolute Gasteiger partial charge is 0.396 e. The maximum Gasteiger partial charge on any atom is 0.215 e. The van der Waals surface area contributed by atoms with Crippen LogP contribution in [0.2, 0.25) is 0 Å². The molecule has 2 rings (SSSR count). The van der Waals surface area contributed by atoms with Crippen molar-refractivity contribution < 1.29 is 0 Å². The van der Waals surface area contributed by atoms with Gasteiger partial charge >= 0.3 is 0 Å². The van der Waals surface area contributed by atoms with Crippen LogP contribution < -0.4 is 5.73 Å². The zero-order chi connectivity index (χ0) is 10.8. The fourth-order valence-corrected chi connectivity index (χ4v) is 1.82. The van der Waals surface area contributed by atoms with Gasteiger partial charge in [0.25, 0.3) is 0 Å². The van der Waals surface area contributed by atoms with Gasteiger partial charge in [0.15, 0.2) is 0 Å². The number of anilines is 1. The third kappa shape index (κ3) is 1.91. The Bertz CT molecular complexity index is 480. The Morgan fingerprint density at radius 3 is 2.93 bits per heavy atom. The maximum atomic E-state index is 5.89. The summed E-state index contributed by atoms with van der Waals surface area (Å²) in [5.41, 5.74) is 7.56. The van der Waals surface area contributed by atoms with Gasteiger partial charge in [-0.1, -0.05) is 0 Å². The summed E-state index contributed by atoms with van der Waals surface area (Å²) >= 11 is 1.35. The van der Waals surface area contributed by atoms with Crippen molar-refractivity contribution in [3.8, 4) is 0 Å². The minimum Gasteiger partial charge on any atom is -0.396 e. The normalized spacial score (nSPS) is 10.5. The second-order valence-electron chi connectivity index (χ2n) is 3.03. The fourth-order valence-electron chi connectivity index (χ4n) is 1.02. The number of aromatic nitrogens is 5. The number of pyridine rings is 1. The molecule has 0 aliphatic carbocycles. The van der Waals surface area contributed by atoms with Crippen LogP contribution in [0.15, 0.2) is 22.4 Å². The Morgan fingerprint density at radius 2 is 2.27 bits per heavy atom. The van der Waals surface area contributed by atoms with Gasteiger partial charge in [-0.15, -0.1) is 5.10 Å². The summed E-state index contributed by atoms with van der Waals surface area (Å²) in [6.45, 7) is 1.94. The van der Waals surface area contributed by atoms with Gasteiger partial charge in [-0.3, -0.25) is 0 Å². The average molecular weight is 222 g/mol. The summed E-state index contributed by atoms with van der Waals surface area (Å²) in [6.07, 6.45) is 1.72. The molecule has 0 aliphatic rings. The Kier molecular flexibility index (Phi) is 2.55. The first-order chi connectivity index (χ1) is 7.18. The molecule has 15 heavy (non-hydrogen) atoms. The number of nitrogens with zero attached hydrogens (tertiary/aromatic N) is 5. The quantitative estimate of drug-likeness (QED) is 0.803. The van der Waals surface area contributed by atoms with E-state index in [-0.39, 0.29) is 0 Å². The second kappa shape index (κ2) is 3.85. The van der Waals surface area contributed by atoms with Crippen LogP contribution in [0.4, 0.5) is 5.69 Å². The van der Waals surface area contributed by atoms with Gasteiger partial charge < -0.3 is 5.73 Å². The number of aryl methyl sites for hydroxylation is 2. The van der Waals surface area contributed by atoms with Crippen LogP contribution >= 0.6 is 11.8 Å². The molecule has 2 heterocycles. The van der Waals surface area contributed by atoms with Crippen LogP contribution in [0, 0.1) is 6.92 Å². The van der Waals surface area contributed by atoms with Crippen molar-refractivity contribution in [2.45, 2.75) is 17.1 Å². The topological polar surface area (TPSA) is 82.5 Å². The first-order valence-electron chi connectivity index (χ1n) is 4.30. The Balaban J connectivity index is 2.33. The zero-order valence-corrected chi connectivity index (χ0v) is 9.19. The summed E-state index contributed by atoms with van der Waals surface area (Å²) in [7, 11) is 1.77. The van der Waals surface area contributed by atoms with Gasteiger partial charge in [0.05, 0.1) is 5.69 Å². The number of tetrazole rings is 1. The van der Waals surface area contributed by atoms with Crippen LogP contribution in [0.25, 0.3) is 0 Å². The molecule has 6 nitrogen and oxygen atoms in total. The molecule has 0 unspecified atom stereocenters. The lowest BCUT2D eigenvalue weighted by Gasteiger charge is -2.04. The highest BCUT2D eigenvalue weighted by Gasteiger charge is 2.09. The molecule has 2 N–H and O–H groups in total. The van der Waals surface area contributed by atoms with Crippen LogP contribution in [0.3, 0.4) is 0 Å². The third-order valence-electron chi connectivity index (χ3n) is 1.94. The van der Waals surface area contributed by atoms with Crippen molar-refractivity contribution in [3.05, 3.63) is 17.8 Å². The molecule has 78 valence electrons. The smallest absolute Gasteiger partial charge is 0.215 e. The van der Waals surface area contributed by atoms with E-state index >= 15 is 0 Å². The predicted octanol–water partition coefficient (Wildman–Crippen LogP) is 0.647. The molecule has 0 aromatic carbocycles. The first-order valence-corrected chi connectivity index (χ1v) is 5.11. The van der Waals surface area contributed by atoms with E-state index in [4.69, 9.17) is 5.73 Å². The van der Waals surface area contributed by atoms with Crippen molar-refractivity contribution in [1.82, 2.24) is 25.2 Å². The van der Waals surface area contributed by atoms with Crippen LogP contribution in [-0.2, 0) is 7.05 Å². The summed E-state index contributed by atoms with van der Waals surface area (Å²) in [4.78, 5) is 4.18. The number of rotatable bonds is 2. The molecule has 2 aromatic heterocycles. The number of nitrogens with two attached hydrogens (primary N) is 1. The lowest BCUT2D eigenvalue weighted by atomic mass is 10.3. The standard InChI is InChI=1S/C8H10N6S/c1-5-3-4-10-7(6(5)9)15-8-11-12-13-14(8)2/h3-4H,9H2,1-2H3. The van der Waals surface area contributed by atoms with E-state index < -0.39 is 0 Å². The molecular formula is C8H10N6S. The van der Waals surface area contributed by atoms with E-state index in [1.54, 1.807) is 17.9 Å². The molecule has 0 spiro atoms. The molecule has 0 saturated heterocycles. The van der Waals surface area contributed by atoms with Gasteiger partial charge in [-0.2, -0.15) is 0 Å². The highest BCUT2D eigenvalue weighted by Crippen LogP contribution is 2.29. The van der Waals surface area contributed by atoms with E-state index in [0.29, 0.717) is 10.8 Å². The van der Waals surface area contributed by atoms with E-state index in [2.05, 4.69) is 20.5 Å². The van der Waals surface area contributed by atoms with Gasteiger partial charge in [-0.25, -0.2) is 9.67 Å². The van der Waals surface area contributed by atoms with Crippen molar-refractivity contribution in [1.29, 1.82) is 0 Å². The van der Waals surface area contributed by atoms with Gasteiger partial charge in [0.1, 0.15) is 5.03 Å². The SMILES string of the molecule is Cc1ccnc(Sc2nnnn2C)c1N. The summed E-state index contributed by atoms with van der Waals surface area (Å²) in [5.74, 6) is 0. The highest BCUT2D eigenvalue weighted by molar-refractivity contribution is 7.99. The molecule has 0 radical (unpaired) electrons. The van der Waals surface area contributed by atoms with Crippen molar-refractivity contribution in [2.75, 3.05) is 5.73 Å². The summed E-state index contributed by atoms with van der Waals surface area (Å²) in [6, 6.07) is 1.87. The zero-order valence-electron chi connectivity index (χ0n) is 8.38. The lowest BCUT2D eigenvalue weighted by Crippen LogP contribution is -1.97. The molecular weight excluding hydrogens is 212 g/mol. The van der Waals surface area contributed by atoms with E-state index in [1.165, 1.54) is 11.8 Å². The minimum absolute atomic E-state index is 0.666. The molecule has 0 bridgehead atoms. The van der Waals surface area contributed by atoms with Gasteiger partial charge in [0, 0.05) is 13.2 Å². The van der Waals surface area contributed by atoms with Gasteiger partial charge in [-0.05, 0) is 40.7 Å². The summed E-state index contributed by atoms with van der Waals surface area (Å²) in [5, 5.41) is 12.5. The lowest BCUT2D eigenvalue weighted by molar-refractivity contribution is 0.664. The van der Waals surface area contributed by atoms with Crippen molar-refractivity contribution in [3.63, 3.8) is 0 Å². The molecule has 0 amide bonds. The molecule has 7 heteroatoms. The molecule has 0 atom stereocenters. The fraction of sp³-hybridized carbons (Fsp3) is 0.250. The van der Waals surface area contributed by atoms with Crippen molar-refractivity contribution >= 4 is 17.4 Å². The third-order valence-corrected chi connectivity index (χ3v) is 2.99. The van der Waals surface area contributed by atoms with E-state index in [0.717, 1.165) is 10.6 Å². The van der Waals surface area contributed by atoms with Crippen LogP contribution in [-0.4, -0.2) is 25.2 Å². The number of nitrogen functional groups attached to an aromatic ring is 1. The maximum absolute atomic E-state index is 5.89. The Hall–Kier alpha value is -1.63. The van der Waals surface area contributed by atoms with Crippen LogP contribution in [0.5, 0.6) is 0 Å². The summed E-state index contributed by atoms with van der Waals surface area (Å²) < 4.78 is 1.58. The van der Waals surface area contributed by atoms with E-state index in [1.807, 2.05) is 13.0 Å². The second-order valence-corrected chi connectivity index (χ2v) is 3.99. The molecule has 2 aromatic rings. The highest BCUT2D eigenvalue weighted by atomic mass is 32.2. The monoisotopic (exact) mass is 222 g/mol. The molecule has 0 saturated carbocycles. The van der Waals surface area contributed by atoms with Crippen molar-refractivity contribution in [2.24, 2.45) is 7.05 Å². The van der Waals surface area contributed by atoms with E-state index in [9.17, 15) is 0 Å². The molecule has 0 aliphatic heterocycles. The average Bonchev–Trinajstić information content (AvgIpc) is 2.60. The first kappa shape index (κ1) is 9.91. The Morgan fingerprint density at radius 1 is 1.47 bits per heavy atom. The van der Waals surface area contributed by atoms with Gasteiger partial charge in [0.2, 0.25) is 5.16 Å². The predicted molar refractivity (Wildman–Crippen MR) is 56.3 cm³/mol. The minimum atomic E-state index is 0.666. The number of hydrogen-bond acceptors (Lipinski definition) is 6. The van der Waals surface area contributed by atoms with Crippen LogP contribution in [0.1, 0.15) is 5.56 Å². The Labute approximate surface area is 90.9 Å².